The molecule has 0 bridgehead atoms. The minimum absolute atomic E-state index is 0.141. The van der Waals surface area contributed by atoms with Gasteiger partial charge in [0.2, 0.25) is 5.91 Å². The van der Waals surface area contributed by atoms with E-state index in [1.54, 1.807) is 0 Å². The molecule has 0 N–H and O–H groups in total. The van der Waals surface area contributed by atoms with Crippen molar-refractivity contribution in [1.29, 1.82) is 0 Å². The number of benzene rings is 2. The number of anilines is 1. The van der Waals surface area contributed by atoms with Gasteiger partial charge in [-0.1, -0.05) is 42.5 Å². The molecule has 0 radical (unpaired) electrons. The van der Waals surface area contributed by atoms with Crippen molar-refractivity contribution in [3.63, 3.8) is 0 Å². The molecule has 5 rings (SSSR count). The zero-order valence-corrected chi connectivity index (χ0v) is 17.1. The van der Waals surface area contributed by atoms with Gasteiger partial charge in [0.25, 0.3) is 0 Å². The third-order valence-electron chi connectivity index (χ3n) is 6.80. The second kappa shape index (κ2) is 7.74. The van der Waals surface area contributed by atoms with Gasteiger partial charge < -0.3 is 14.5 Å². The van der Waals surface area contributed by atoms with Crippen molar-refractivity contribution in [2.75, 3.05) is 31.1 Å². The molecule has 3 aliphatic rings. The normalized spacial score (nSPS) is 20.7. The number of rotatable bonds is 4. The van der Waals surface area contributed by atoms with Crippen LogP contribution in [0.1, 0.15) is 37.7 Å². The molecule has 1 spiro atoms. The summed E-state index contributed by atoms with van der Waals surface area (Å²) < 4.78 is 6.69. The maximum absolute atomic E-state index is 12.4. The van der Waals surface area contributed by atoms with Gasteiger partial charge in [0.1, 0.15) is 11.4 Å². The van der Waals surface area contributed by atoms with E-state index in [9.17, 15) is 4.79 Å². The lowest BCUT2D eigenvalue weighted by Gasteiger charge is -2.41. The number of ether oxygens (including phenoxy) is 1. The second-order valence-corrected chi connectivity index (χ2v) is 8.83. The topological polar surface area (TPSA) is 32.8 Å². The van der Waals surface area contributed by atoms with E-state index in [0.717, 1.165) is 70.5 Å². The number of fused-ring (bicyclic) bond motifs is 1. The highest BCUT2D eigenvalue weighted by atomic mass is 16.5. The third-order valence-corrected chi connectivity index (χ3v) is 6.80. The van der Waals surface area contributed by atoms with Crippen molar-refractivity contribution in [3.8, 4) is 5.75 Å². The number of likely N-dealkylation sites (tertiary alicyclic amines) is 1. The monoisotopic (exact) mass is 390 g/mol. The van der Waals surface area contributed by atoms with Gasteiger partial charge >= 0.3 is 0 Å². The van der Waals surface area contributed by atoms with E-state index in [2.05, 4.69) is 64.4 Å². The van der Waals surface area contributed by atoms with Crippen LogP contribution in [-0.2, 0) is 11.2 Å². The van der Waals surface area contributed by atoms with Crippen LogP contribution in [0, 0.1) is 5.92 Å². The first-order valence-electron chi connectivity index (χ1n) is 11.1. The third kappa shape index (κ3) is 3.98. The molecule has 152 valence electrons. The lowest BCUT2D eigenvalue weighted by molar-refractivity contribution is -0.136. The first-order chi connectivity index (χ1) is 14.2. The molecule has 4 nitrogen and oxygen atoms in total. The average Bonchev–Trinajstić information content (AvgIpc) is 3.61. The number of piperidine rings is 1. The molecule has 2 heterocycles. The van der Waals surface area contributed by atoms with Crippen molar-refractivity contribution in [2.45, 2.75) is 44.1 Å². The summed E-state index contributed by atoms with van der Waals surface area (Å²) in [5.41, 5.74) is 2.44. The summed E-state index contributed by atoms with van der Waals surface area (Å²) in [5.74, 6) is 1.69. The van der Waals surface area contributed by atoms with Crippen LogP contribution in [0.4, 0.5) is 5.69 Å². The molecule has 1 saturated heterocycles. The second-order valence-electron chi connectivity index (χ2n) is 8.83. The summed E-state index contributed by atoms with van der Waals surface area (Å²) in [5, 5.41) is 0. The first-order valence-corrected chi connectivity index (χ1v) is 11.1. The minimum atomic E-state index is -0.141. The highest BCUT2D eigenvalue weighted by molar-refractivity contribution is 5.81. The molecular formula is C25H30N2O2. The predicted molar refractivity (Wildman–Crippen MR) is 115 cm³/mol. The molecule has 0 aromatic heterocycles. The van der Waals surface area contributed by atoms with E-state index in [0.29, 0.717) is 11.8 Å². The van der Waals surface area contributed by atoms with Gasteiger partial charge in [0.05, 0.1) is 5.69 Å². The van der Waals surface area contributed by atoms with Crippen LogP contribution in [0.25, 0.3) is 0 Å². The first kappa shape index (κ1) is 18.5. The maximum atomic E-state index is 12.4. The van der Waals surface area contributed by atoms with Crippen molar-refractivity contribution in [2.24, 2.45) is 5.92 Å². The van der Waals surface area contributed by atoms with Crippen LogP contribution in [0.2, 0.25) is 0 Å². The predicted octanol–water partition coefficient (Wildman–Crippen LogP) is 4.29. The molecule has 1 amide bonds. The van der Waals surface area contributed by atoms with Crippen LogP contribution in [0.3, 0.4) is 0 Å². The Hall–Kier alpha value is -2.49. The fourth-order valence-corrected chi connectivity index (χ4v) is 4.76. The molecule has 0 unspecified atom stereocenters. The standard InChI is InChI=1S/C25H30N2O2/c28-24(21-10-11-21)27-18-14-25(15-19-27)13-17-26(16-12-20-6-2-1-3-7-20)22-8-4-5-9-23(22)29-25/h1-9,21H,10-19H2. The average molecular weight is 391 g/mol. The van der Waals surface area contributed by atoms with E-state index < -0.39 is 0 Å². The van der Waals surface area contributed by atoms with Crippen molar-refractivity contribution < 1.29 is 9.53 Å². The summed E-state index contributed by atoms with van der Waals surface area (Å²) in [6.07, 6.45) is 6.09. The Kier molecular flexibility index (Phi) is 4.94. The quantitative estimate of drug-likeness (QED) is 0.781. The van der Waals surface area contributed by atoms with Gasteiger partial charge in [0.15, 0.2) is 0 Å². The Bertz CT molecular complexity index is 854. The lowest BCUT2D eigenvalue weighted by atomic mass is 9.87. The van der Waals surface area contributed by atoms with Crippen molar-refractivity contribution in [3.05, 3.63) is 60.2 Å². The molecule has 2 aliphatic heterocycles. The van der Waals surface area contributed by atoms with E-state index in [1.807, 2.05) is 0 Å². The van der Waals surface area contributed by atoms with Gasteiger partial charge in [-0.25, -0.2) is 0 Å². The van der Waals surface area contributed by atoms with Crippen molar-refractivity contribution in [1.82, 2.24) is 4.90 Å². The zero-order valence-electron chi connectivity index (χ0n) is 17.1. The Labute approximate surface area is 173 Å². The van der Waals surface area contributed by atoms with E-state index >= 15 is 0 Å². The molecule has 1 saturated carbocycles. The zero-order chi connectivity index (χ0) is 19.7. The number of carbonyl (C=O) groups excluding carboxylic acids is 1. The number of hydrogen-bond acceptors (Lipinski definition) is 3. The van der Waals surface area contributed by atoms with Gasteiger partial charge in [-0.05, 0) is 37.0 Å². The van der Waals surface area contributed by atoms with E-state index in [1.165, 1.54) is 11.3 Å². The van der Waals surface area contributed by atoms with Crippen LogP contribution in [0.5, 0.6) is 5.75 Å². The lowest BCUT2D eigenvalue weighted by Crippen LogP contribution is -2.50. The molecule has 1 aliphatic carbocycles. The minimum Gasteiger partial charge on any atom is -0.485 e. The molecular weight excluding hydrogens is 360 g/mol. The van der Waals surface area contributed by atoms with E-state index in [4.69, 9.17) is 4.74 Å². The summed E-state index contributed by atoms with van der Waals surface area (Å²) in [7, 11) is 0. The fraction of sp³-hybridized carbons (Fsp3) is 0.480. The smallest absolute Gasteiger partial charge is 0.225 e. The Morgan fingerprint density at radius 1 is 0.931 bits per heavy atom. The van der Waals surface area contributed by atoms with Gasteiger partial charge in [0, 0.05) is 51.4 Å². The highest BCUT2D eigenvalue weighted by Gasteiger charge is 2.42. The number of para-hydroxylation sites is 2. The van der Waals surface area contributed by atoms with Crippen molar-refractivity contribution >= 4 is 11.6 Å². The number of amides is 1. The Morgan fingerprint density at radius 3 is 2.38 bits per heavy atom. The summed E-state index contributed by atoms with van der Waals surface area (Å²) >= 11 is 0. The van der Waals surface area contributed by atoms with Gasteiger partial charge in [-0.2, -0.15) is 0 Å². The van der Waals surface area contributed by atoms with Crippen LogP contribution < -0.4 is 9.64 Å². The molecule has 29 heavy (non-hydrogen) atoms. The van der Waals surface area contributed by atoms with Crippen LogP contribution in [-0.4, -0.2) is 42.6 Å². The number of hydrogen-bond donors (Lipinski definition) is 0. The highest BCUT2D eigenvalue weighted by Crippen LogP contribution is 2.41. The van der Waals surface area contributed by atoms with Crippen LogP contribution in [0.15, 0.2) is 54.6 Å². The fourth-order valence-electron chi connectivity index (χ4n) is 4.76. The van der Waals surface area contributed by atoms with Gasteiger partial charge in [-0.15, -0.1) is 0 Å². The SMILES string of the molecule is O=C(C1CC1)N1CCC2(CC1)CCN(CCc1ccccc1)c1ccccc1O2. The van der Waals surface area contributed by atoms with Crippen LogP contribution >= 0.6 is 0 Å². The molecule has 2 aromatic rings. The maximum Gasteiger partial charge on any atom is 0.225 e. The van der Waals surface area contributed by atoms with Gasteiger partial charge in [-0.3, -0.25) is 4.79 Å². The van der Waals surface area contributed by atoms with E-state index in [-0.39, 0.29) is 5.60 Å². The largest absolute Gasteiger partial charge is 0.485 e. The molecule has 2 aromatic carbocycles. The summed E-state index contributed by atoms with van der Waals surface area (Å²) in [4.78, 5) is 17.0. The number of carbonyl (C=O) groups is 1. The summed E-state index contributed by atoms with van der Waals surface area (Å²) in [6, 6.07) is 19.2. The molecule has 0 atom stereocenters. The molecule has 2 fully saturated rings. The Balaban J connectivity index is 1.29. The Morgan fingerprint density at radius 2 is 1.62 bits per heavy atom. The number of nitrogens with zero attached hydrogens (tertiary/aromatic N) is 2. The molecule has 4 heteroatoms. The summed E-state index contributed by atoms with van der Waals surface area (Å²) in [6.45, 7) is 3.66.